The molecule has 1 N–H and O–H groups in total. The second-order valence-electron chi connectivity index (χ2n) is 4.99. The molecule has 1 saturated heterocycles. The third-order valence-electron chi connectivity index (χ3n) is 3.45. The van der Waals surface area contributed by atoms with Gasteiger partial charge in [-0.15, -0.1) is 11.3 Å². The second kappa shape index (κ2) is 7.44. The van der Waals surface area contributed by atoms with Crippen LogP contribution in [-0.4, -0.2) is 41.2 Å². The summed E-state index contributed by atoms with van der Waals surface area (Å²) in [5.74, 6) is -0.185. The van der Waals surface area contributed by atoms with Crippen molar-refractivity contribution < 1.29 is 14.3 Å². The topological polar surface area (TPSA) is 73.3 Å². The maximum atomic E-state index is 12.2. The number of aromatic nitrogens is 2. The molecule has 6 nitrogen and oxygen atoms in total. The summed E-state index contributed by atoms with van der Waals surface area (Å²) in [6.45, 7) is 1.51. The molecule has 0 spiro atoms. The first-order chi connectivity index (χ1) is 10.8. The van der Waals surface area contributed by atoms with Gasteiger partial charge in [-0.1, -0.05) is 6.07 Å². The summed E-state index contributed by atoms with van der Waals surface area (Å²) < 4.78 is 11.3. The summed E-state index contributed by atoms with van der Waals surface area (Å²) in [5, 5.41) is 4.94. The minimum atomic E-state index is -0.185. The van der Waals surface area contributed by atoms with Crippen molar-refractivity contribution in [2.24, 2.45) is 0 Å². The van der Waals surface area contributed by atoms with E-state index in [-0.39, 0.29) is 18.1 Å². The molecule has 0 aromatic carbocycles. The number of nitrogens with zero attached hydrogens (tertiary/aromatic N) is 2. The van der Waals surface area contributed by atoms with E-state index >= 15 is 0 Å². The van der Waals surface area contributed by atoms with Crippen molar-refractivity contribution in [2.45, 2.75) is 25.2 Å². The van der Waals surface area contributed by atoms with E-state index in [2.05, 4.69) is 15.3 Å². The molecule has 22 heavy (non-hydrogen) atoms. The van der Waals surface area contributed by atoms with Crippen LogP contribution >= 0.6 is 11.3 Å². The Morgan fingerprint density at radius 2 is 2.41 bits per heavy atom. The minimum Gasteiger partial charge on any atom is -0.379 e. The number of hydrogen-bond donors (Lipinski definition) is 1. The molecular weight excluding hydrogens is 302 g/mol. The molecule has 2 aromatic rings. The van der Waals surface area contributed by atoms with Gasteiger partial charge in [0.05, 0.1) is 30.5 Å². The largest absolute Gasteiger partial charge is 0.379 e. The van der Waals surface area contributed by atoms with E-state index < -0.39 is 0 Å². The highest BCUT2D eigenvalue weighted by atomic mass is 32.1. The lowest BCUT2D eigenvalue weighted by Gasteiger charge is -2.31. The number of ether oxygens (including phenoxy) is 2. The molecule has 1 fully saturated rings. The molecule has 3 rings (SSSR count). The zero-order chi connectivity index (χ0) is 15.2. The van der Waals surface area contributed by atoms with Gasteiger partial charge < -0.3 is 14.8 Å². The molecule has 0 bridgehead atoms. The highest BCUT2D eigenvalue weighted by Gasteiger charge is 2.28. The van der Waals surface area contributed by atoms with Gasteiger partial charge in [-0.05, 0) is 18.6 Å². The van der Waals surface area contributed by atoms with E-state index in [1.54, 1.807) is 29.9 Å². The number of carbonyl (C=O) groups is 1. The summed E-state index contributed by atoms with van der Waals surface area (Å²) >= 11 is 1.53. The van der Waals surface area contributed by atoms with Crippen molar-refractivity contribution in [1.29, 1.82) is 0 Å². The molecule has 3 heterocycles. The van der Waals surface area contributed by atoms with E-state index in [9.17, 15) is 4.79 Å². The standard InChI is InChI=1S/C15H17N3O3S/c19-15(13-3-1-2-5-16-13)18-12-4-6-20-8-14(12)21-7-11-9-22-10-17-11/h1-3,5,9-10,12,14H,4,6-8H2,(H,18,19)/t12-,14-/m1/s1. The molecule has 7 heteroatoms. The van der Waals surface area contributed by atoms with Crippen molar-refractivity contribution in [2.75, 3.05) is 13.2 Å². The summed E-state index contributed by atoms with van der Waals surface area (Å²) in [6.07, 6.45) is 2.15. The van der Waals surface area contributed by atoms with Crippen LogP contribution in [0.3, 0.4) is 0 Å². The van der Waals surface area contributed by atoms with E-state index in [1.807, 2.05) is 5.38 Å². The third-order valence-corrected chi connectivity index (χ3v) is 4.08. The molecule has 2 atom stereocenters. The van der Waals surface area contributed by atoms with Crippen LogP contribution in [0.25, 0.3) is 0 Å². The lowest BCUT2D eigenvalue weighted by atomic mass is 10.1. The predicted molar refractivity (Wildman–Crippen MR) is 81.6 cm³/mol. The van der Waals surface area contributed by atoms with Gasteiger partial charge in [0.2, 0.25) is 0 Å². The van der Waals surface area contributed by atoms with Gasteiger partial charge >= 0.3 is 0 Å². The van der Waals surface area contributed by atoms with Gasteiger partial charge in [-0.3, -0.25) is 9.78 Å². The Labute approximate surface area is 132 Å². The molecule has 116 valence electrons. The number of amides is 1. The maximum Gasteiger partial charge on any atom is 0.270 e. The van der Waals surface area contributed by atoms with Crippen LogP contribution < -0.4 is 5.32 Å². The first kappa shape index (κ1) is 15.1. The van der Waals surface area contributed by atoms with Crippen LogP contribution in [0.5, 0.6) is 0 Å². The summed E-state index contributed by atoms with van der Waals surface area (Å²) in [7, 11) is 0. The molecule has 1 aliphatic rings. The van der Waals surface area contributed by atoms with Crippen molar-refractivity contribution in [3.63, 3.8) is 0 Å². The number of rotatable bonds is 5. The summed E-state index contributed by atoms with van der Waals surface area (Å²) in [4.78, 5) is 20.5. The molecule has 0 radical (unpaired) electrons. The van der Waals surface area contributed by atoms with Crippen LogP contribution in [0, 0.1) is 0 Å². The van der Waals surface area contributed by atoms with Crippen LogP contribution in [0.4, 0.5) is 0 Å². The Morgan fingerprint density at radius 1 is 1.45 bits per heavy atom. The van der Waals surface area contributed by atoms with Crippen LogP contribution in [0.15, 0.2) is 35.3 Å². The number of nitrogens with one attached hydrogen (secondary N) is 1. The molecule has 2 aromatic heterocycles. The smallest absolute Gasteiger partial charge is 0.270 e. The van der Waals surface area contributed by atoms with E-state index in [4.69, 9.17) is 9.47 Å². The van der Waals surface area contributed by atoms with Gasteiger partial charge in [0.25, 0.3) is 5.91 Å². The monoisotopic (exact) mass is 319 g/mol. The minimum absolute atomic E-state index is 0.0816. The zero-order valence-electron chi connectivity index (χ0n) is 12.0. The highest BCUT2D eigenvalue weighted by molar-refractivity contribution is 7.07. The first-order valence-corrected chi connectivity index (χ1v) is 8.05. The molecule has 1 aliphatic heterocycles. The molecule has 0 saturated carbocycles. The molecular formula is C15H17N3O3S. The lowest BCUT2D eigenvalue weighted by molar-refractivity contribution is -0.0742. The van der Waals surface area contributed by atoms with E-state index in [0.29, 0.717) is 25.5 Å². The van der Waals surface area contributed by atoms with Gasteiger partial charge in [0, 0.05) is 18.2 Å². The number of pyridine rings is 1. The Morgan fingerprint density at radius 3 is 3.18 bits per heavy atom. The van der Waals surface area contributed by atoms with Gasteiger partial charge in [-0.2, -0.15) is 0 Å². The quantitative estimate of drug-likeness (QED) is 0.907. The summed E-state index contributed by atoms with van der Waals surface area (Å²) in [5.41, 5.74) is 3.08. The van der Waals surface area contributed by atoms with E-state index in [0.717, 1.165) is 12.1 Å². The third kappa shape index (κ3) is 3.88. The Balaban J connectivity index is 1.58. The maximum absolute atomic E-state index is 12.2. The highest BCUT2D eigenvalue weighted by Crippen LogP contribution is 2.14. The molecule has 1 amide bonds. The molecule has 0 unspecified atom stereocenters. The van der Waals surface area contributed by atoms with Crippen LogP contribution in [0.1, 0.15) is 22.6 Å². The summed E-state index contributed by atoms with van der Waals surface area (Å²) in [6, 6.07) is 5.19. The van der Waals surface area contributed by atoms with E-state index in [1.165, 1.54) is 11.3 Å². The first-order valence-electron chi connectivity index (χ1n) is 7.11. The number of thiazole rings is 1. The van der Waals surface area contributed by atoms with Gasteiger partial charge in [0.1, 0.15) is 11.8 Å². The van der Waals surface area contributed by atoms with Gasteiger partial charge in [0.15, 0.2) is 0 Å². The van der Waals surface area contributed by atoms with Crippen molar-refractivity contribution >= 4 is 17.2 Å². The predicted octanol–water partition coefficient (Wildman–Crippen LogP) is 1.64. The SMILES string of the molecule is O=C(N[C@@H]1CCOC[C@H]1OCc1cscn1)c1ccccn1. The number of hydrogen-bond acceptors (Lipinski definition) is 6. The normalized spacial score (nSPS) is 21.5. The van der Waals surface area contributed by atoms with Crippen molar-refractivity contribution in [3.8, 4) is 0 Å². The molecule has 0 aliphatic carbocycles. The van der Waals surface area contributed by atoms with Crippen molar-refractivity contribution in [1.82, 2.24) is 15.3 Å². The average Bonchev–Trinajstić information content (AvgIpc) is 3.08. The Bertz CT molecular complexity index is 591. The average molecular weight is 319 g/mol. The fourth-order valence-electron chi connectivity index (χ4n) is 2.28. The second-order valence-corrected chi connectivity index (χ2v) is 5.71. The lowest BCUT2D eigenvalue weighted by Crippen LogP contribution is -2.50. The van der Waals surface area contributed by atoms with Crippen LogP contribution in [0.2, 0.25) is 0 Å². The Hall–Kier alpha value is -1.83. The fourth-order valence-corrected chi connectivity index (χ4v) is 2.82. The Kier molecular flexibility index (Phi) is 5.10. The zero-order valence-corrected chi connectivity index (χ0v) is 12.8. The van der Waals surface area contributed by atoms with Gasteiger partial charge in [-0.25, -0.2) is 4.98 Å². The van der Waals surface area contributed by atoms with Crippen molar-refractivity contribution in [3.05, 3.63) is 46.7 Å². The number of carbonyl (C=O) groups excluding carboxylic acids is 1. The fraction of sp³-hybridized carbons (Fsp3) is 0.400. The van der Waals surface area contributed by atoms with Crippen LogP contribution in [-0.2, 0) is 16.1 Å².